The smallest absolute Gasteiger partial charge is 0.303 e. The summed E-state index contributed by atoms with van der Waals surface area (Å²) in [5.74, 6) is -1.05. The van der Waals surface area contributed by atoms with Gasteiger partial charge in [0, 0.05) is 13.8 Å². The minimum Gasteiger partial charge on any atom is -0.456 e. The van der Waals surface area contributed by atoms with Crippen molar-refractivity contribution in [2.75, 3.05) is 0 Å². The molecule has 1 fully saturated rings. The minimum absolute atomic E-state index is 0.0603. The lowest BCUT2D eigenvalue weighted by atomic mass is 10.1. The van der Waals surface area contributed by atoms with Crippen molar-refractivity contribution >= 4 is 46.2 Å². The summed E-state index contributed by atoms with van der Waals surface area (Å²) in [7, 11) is 0. The van der Waals surface area contributed by atoms with Gasteiger partial charge in [-0.2, -0.15) is 10.1 Å². The summed E-state index contributed by atoms with van der Waals surface area (Å²) < 4.78 is 18.1. The fraction of sp³-hybridized carbons (Fsp3) is 0.533. The predicted molar refractivity (Wildman–Crippen MR) is 90.7 cm³/mol. The van der Waals surface area contributed by atoms with E-state index >= 15 is 0 Å². The van der Waals surface area contributed by atoms with Crippen molar-refractivity contribution < 1.29 is 23.8 Å². The van der Waals surface area contributed by atoms with E-state index in [4.69, 9.17) is 37.4 Å². The van der Waals surface area contributed by atoms with Crippen LogP contribution in [0.3, 0.4) is 0 Å². The van der Waals surface area contributed by atoms with E-state index in [-0.39, 0.29) is 10.4 Å². The van der Waals surface area contributed by atoms with Crippen molar-refractivity contribution in [3.05, 3.63) is 16.6 Å². The molecule has 3 rings (SSSR count). The normalized spacial score (nSPS) is 25.4. The van der Waals surface area contributed by atoms with E-state index in [1.807, 2.05) is 6.92 Å². The van der Waals surface area contributed by atoms with E-state index in [1.165, 1.54) is 24.7 Å². The molecule has 0 spiro atoms. The molecular weight excluding hydrogens is 387 g/mol. The summed E-state index contributed by atoms with van der Waals surface area (Å²) in [6, 6.07) is 0. The first-order chi connectivity index (χ1) is 12.3. The number of halogens is 2. The van der Waals surface area contributed by atoms with E-state index in [0.29, 0.717) is 17.5 Å². The number of esters is 2. The summed E-state index contributed by atoms with van der Waals surface area (Å²) in [6.07, 6.45) is -1.05. The fourth-order valence-corrected chi connectivity index (χ4v) is 3.36. The second kappa shape index (κ2) is 7.34. The van der Waals surface area contributed by atoms with Crippen molar-refractivity contribution in [1.29, 1.82) is 0 Å². The minimum atomic E-state index is -0.906. The highest BCUT2D eigenvalue weighted by Gasteiger charge is 2.50. The Morgan fingerprint density at radius 2 is 1.85 bits per heavy atom. The Labute approximate surface area is 158 Å². The van der Waals surface area contributed by atoms with Gasteiger partial charge in [-0.3, -0.25) is 9.59 Å². The third kappa shape index (κ3) is 3.46. The maximum Gasteiger partial charge on any atom is 0.303 e. The van der Waals surface area contributed by atoms with Gasteiger partial charge in [-0.15, -0.1) is 0 Å². The molecule has 26 heavy (non-hydrogen) atoms. The van der Waals surface area contributed by atoms with E-state index < -0.39 is 36.5 Å². The lowest BCUT2D eigenvalue weighted by Crippen LogP contribution is -2.38. The predicted octanol–water partition coefficient (Wildman–Crippen LogP) is 2.30. The SMILES string of the molecule is CC[C@H]1O[C@@H](n2ncc3c(Cl)nc(Cl)nc32)C(OC(C)=O)[C@@H]1OC(C)=O. The Morgan fingerprint density at radius 1 is 1.19 bits per heavy atom. The Morgan fingerprint density at radius 3 is 2.46 bits per heavy atom. The van der Waals surface area contributed by atoms with Crippen molar-refractivity contribution in [3.8, 4) is 0 Å². The molecule has 1 aliphatic heterocycles. The van der Waals surface area contributed by atoms with Gasteiger partial charge in [-0.25, -0.2) is 9.67 Å². The number of nitrogens with zero attached hydrogens (tertiary/aromatic N) is 4. The number of hydrogen-bond acceptors (Lipinski definition) is 8. The molecule has 3 heterocycles. The average Bonchev–Trinajstić information content (AvgIpc) is 3.09. The summed E-state index contributed by atoms with van der Waals surface area (Å²) in [5.41, 5.74) is 0.315. The number of hydrogen-bond donors (Lipinski definition) is 0. The molecule has 9 nitrogen and oxygen atoms in total. The molecule has 0 aliphatic carbocycles. The molecule has 0 radical (unpaired) electrons. The number of aromatic nitrogens is 4. The quantitative estimate of drug-likeness (QED) is 0.435. The fourth-order valence-electron chi connectivity index (χ4n) is 2.94. The maximum atomic E-state index is 11.6. The van der Waals surface area contributed by atoms with Crippen LogP contribution in [-0.4, -0.2) is 50.0 Å². The van der Waals surface area contributed by atoms with Gasteiger partial charge in [0.25, 0.3) is 0 Å². The number of carbonyl (C=O) groups excluding carboxylic acids is 2. The van der Waals surface area contributed by atoms with E-state index in [1.54, 1.807) is 0 Å². The van der Waals surface area contributed by atoms with Crippen molar-refractivity contribution in [2.24, 2.45) is 0 Å². The molecule has 1 saturated heterocycles. The molecule has 4 atom stereocenters. The zero-order valence-corrected chi connectivity index (χ0v) is 15.7. The van der Waals surface area contributed by atoms with Crippen LogP contribution < -0.4 is 0 Å². The third-order valence-corrected chi connectivity index (χ3v) is 4.37. The van der Waals surface area contributed by atoms with Crippen LogP contribution in [0.5, 0.6) is 0 Å². The van der Waals surface area contributed by atoms with Crippen molar-refractivity contribution in [2.45, 2.75) is 51.7 Å². The highest BCUT2D eigenvalue weighted by Crippen LogP contribution is 2.37. The molecule has 1 unspecified atom stereocenters. The first-order valence-corrected chi connectivity index (χ1v) is 8.63. The van der Waals surface area contributed by atoms with Crippen LogP contribution >= 0.6 is 23.2 Å². The van der Waals surface area contributed by atoms with Gasteiger partial charge in [-0.1, -0.05) is 18.5 Å². The Hall–Kier alpha value is -1.97. The van der Waals surface area contributed by atoms with Crippen LogP contribution in [0.4, 0.5) is 0 Å². The number of rotatable bonds is 4. The zero-order valence-electron chi connectivity index (χ0n) is 14.2. The first-order valence-electron chi connectivity index (χ1n) is 7.88. The van der Waals surface area contributed by atoms with Crippen LogP contribution in [0.15, 0.2) is 6.20 Å². The lowest BCUT2D eigenvalue weighted by molar-refractivity contribution is -0.165. The van der Waals surface area contributed by atoms with Gasteiger partial charge in [0.1, 0.15) is 11.3 Å². The second-order valence-electron chi connectivity index (χ2n) is 5.73. The third-order valence-electron chi connectivity index (χ3n) is 3.91. The highest BCUT2D eigenvalue weighted by molar-refractivity contribution is 6.35. The Kier molecular flexibility index (Phi) is 5.31. The van der Waals surface area contributed by atoms with E-state index in [9.17, 15) is 9.59 Å². The lowest BCUT2D eigenvalue weighted by Gasteiger charge is -2.23. The first kappa shape index (κ1) is 18.8. The average molecular weight is 403 g/mol. The maximum absolute atomic E-state index is 11.6. The highest BCUT2D eigenvalue weighted by atomic mass is 35.5. The number of carbonyl (C=O) groups is 2. The van der Waals surface area contributed by atoms with Crippen LogP contribution in [0.25, 0.3) is 11.0 Å². The Bertz CT molecular complexity index is 858. The summed E-state index contributed by atoms with van der Waals surface area (Å²) in [4.78, 5) is 31.1. The summed E-state index contributed by atoms with van der Waals surface area (Å²) in [6.45, 7) is 4.41. The monoisotopic (exact) mass is 402 g/mol. The van der Waals surface area contributed by atoms with Crippen molar-refractivity contribution in [1.82, 2.24) is 19.7 Å². The van der Waals surface area contributed by atoms with Gasteiger partial charge in [-0.05, 0) is 18.0 Å². The van der Waals surface area contributed by atoms with Gasteiger partial charge >= 0.3 is 11.9 Å². The molecular formula is C15H16Cl2N4O5. The number of fused-ring (bicyclic) bond motifs is 1. The van der Waals surface area contributed by atoms with Crippen molar-refractivity contribution in [3.63, 3.8) is 0 Å². The largest absolute Gasteiger partial charge is 0.456 e. The second-order valence-corrected chi connectivity index (χ2v) is 6.43. The van der Waals surface area contributed by atoms with Crippen LogP contribution in [0.1, 0.15) is 33.4 Å². The molecule has 2 aromatic rings. The summed E-state index contributed by atoms with van der Waals surface area (Å²) in [5, 5.41) is 4.77. The molecule has 11 heteroatoms. The molecule has 1 aliphatic rings. The molecule has 0 bridgehead atoms. The van der Waals surface area contributed by atoms with E-state index in [2.05, 4.69) is 15.1 Å². The van der Waals surface area contributed by atoms with Gasteiger partial charge in [0.2, 0.25) is 5.28 Å². The molecule has 0 saturated carbocycles. The van der Waals surface area contributed by atoms with Gasteiger partial charge in [0.15, 0.2) is 24.1 Å². The summed E-state index contributed by atoms with van der Waals surface area (Å²) >= 11 is 12.0. The molecule has 140 valence electrons. The molecule has 2 aromatic heterocycles. The zero-order chi connectivity index (χ0) is 19.0. The standard InChI is InChI=1S/C15H16Cl2N4O5/c1-4-9-10(24-6(2)22)11(25-7(3)23)14(26-9)21-13-8(5-18-21)12(16)19-15(17)20-13/h5,9-11,14H,4H2,1-3H3/t9-,10-,11?,14-/m1/s1. The molecule has 0 amide bonds. The van der Waals surface area contributed by atoms with Crippen LogP contribution in [-0.2, 0) is 23.8 Å². The molecule has 0 aromatic carbocycles. The van der Waals surface area contributed by atoms with Crippen LogP contribution in [0, 0.1) is 0 Å². The van der Waals surface area contributed by atoms with Crippen LogP contribution in [0.2, 0.25) is 10.4 Å². The molecule has 0 N–H and O–H groups in total. The number of ether oxygens (including phenoxy) is 3. The van der Waals surface area contributed by atoms with Gasteiger partial charge in [0.05, 0.1) is 11.6 Å². The van der Waals surface area contributed by atoms with Gasteiger partial charge < -0.3 is 14.2 Å². The van der Waals surface area contributed by atoms with E-state index in [0.717, 1.165) is 0 Å². The topological polar surface area (TPSA) is 105 Å². The Balaban J connectivity index is 2.07.